The standard InChI is InChI=1S/C29H34ClF2N3O5/c1-3-19(2)17-39-27-7-4-20(12-25(27)30)16-34-28(37)24-13-22(40-23(14-31)15-32)5-6-26(24)35(29(34)38)21-8-10-33(18-36)11-9-21/h4-7,12-13,18-19,21,23H,3,8-11,14-17H2,1-2H3. The Morgan fingerprint density at radius 2 is 1.82 bits per heavy atom. The van der Waals surface area contributed by atoms with E-state index in [1.54, 1.807) is 33.7 Å². The highest BCUT2D eigenvalue weighted by molar-refractivity contribution is 6.32. The molecule has 1 amide bonds. The van der Waals surface area contributed by atoms with E-state index in [4.69, 9.17) is 21.1 Å². The number of aromatic nitrogens is 2. The van der Waals surface area contributed by atoms with E-state index in [2.05, 4.69) is 13.8 Å². The number of hydrogen-bond donors (Lipinski definition) is 0. The molecule has 0 bridgehead atoms. The van der Waals surface area contributed by atoms with Gasteiger partial charge in [0, 0.05) is 19.1 Å². The van der Waals surface area contributed by atoms with Crippen molar-refractivity contribution in [1.29, 1.82) is 0 Å². The molecule has 1 fully saturated rings. The van der Waals surface area contributed by atoms with Crippen LogP contribution < -0.4 is 20.7 Å². The van der Waals surface area contributed by atoms with Gasteiger partial charge in [-0.15, -0.1) is 0 Å². The number of carbonyl (C=O) groups excluding carboxylic acids is 1. The summed E-state index contributed by atoms with van der Waals surface area (Å²) in [4.78, 5) is 40.4. The van der Waals surface area contributed by atoms with Crippen LogP contribution in [-0.4, -0.2) is 59.6 Å². The van der Waals surface area contributed by atoms with Crippen molar-refractivity contribution in [2.75, 3.05) is 33.0 Å². The quantitative estimate of drug-likeness (QED) is 0.290. The molecule has 0 radical (unpaired) electrons. The molecule has 0 spiro atoms. The third-order valence-electron chi connectivity index (χ3n) is 7.36. The van der Waals surface area contributed by atoms with Crippen molar-refractivity contribution in [3.63, 3.8) is 0 Å². The number of likely N-dealkylation sites (tertiary alicyclic amines) is 1. The summed E-state index contributed by atoms with van der Waals surface area (Å²) in [5.41, 5.74) is -0.0252. The molecular formula is C29H34ClF2N3O5. The Hall–Kier alpha value is -3.40. The zero-order valence-corrected chi connectivity index (χ0v) is 23.4. The summed E-state index contributed by atoms with van der Waals surface area (Å²) in [5.74, 6) is 1.01. The second-order valence-corrected chi connectivity index (χ2v) is 10.6. The number of amides is 1. The molecule has 0 aliphatic carbocycles. The molecule has 1 aliphatic rings. The molecule has 0 N–H and O–H groups in total. The minimum absolute atomic E-state index is 0.0468. The third-order valence-corrected chi connectivity index (χ3v) is 7.65. The average molecular weight is 578 g/mol. The first-order chi connectivity index (χ1) is 19.3. The number of rotatable bonds is 12. The number of carbonyl (C=O) groups is 1. The van der Waals surface area contributed by atoms with E-state index >= 15 is 0 Å². The SMILES string of the molecule is CCC(C)COc1ccc(Cn2c(=O)c3cc(OC(CF)CF)ccc3n(C3CCN(C=O)CC3)c2=O)cc1Cl. The molecule has 8 nitrogen and oxygen atoms in total. The summed E-state index contributed by atoms with van der Waals surface area (Å²) in [6.07, 6.45) is 1.53. The molecule has 4 rings (SSSR count). The highest BCUT2D eigenvalue weighted by Gasteiger charge is 2.25. The lowest BCUT2D eigenvalue weighted by atomic mass is 10.0. The average Bonchev–Trinajstić information content (AvgIpc) is 2.98. The molecular weight excluding hydrogens is 544 g/mol. The molecule has 1 saturated heterocycles. The molecule has 2 heterocycles. The Balaban J connectivity index is 1.76. The van der Waals surface area contributed by atoms with Crippen molar-refractivity contribution in [1.82, 2.24) is 14.0 Å². The van der Waals surface area contributed by atoms with E-state index in [0.29, 0.717) is 60.3 Å². The van der Waals surface area contributed by atoms with Crippen molar-refractivity contribution in [2.45, 2.75) is 51.8 Å². The minimum atomic E-state index is -1.29. The van der Waals surface area contributed by atoms with Gasteiger partial charge in [-0.2, -0.15) is 0 Å². The Morgan fingerprint density at radius 3 is 2.45 bits per heavy atom. The van der Waals surface area contributed by atoms with Crippen LogP contribution >= 0.6 is 11.6 Å². The van der Waals surface area contributed by atoms with Crippen LogP contribution in [0.4, 0.5) is 8.78 Å². The molecule has 1 unspecified atom stereocenters. The summed E-state index contributed by atoms with van der Waals surface area (Å²) in [6.45, 7) is 3.53. The Kier molecular flexibility index (Phi) is 9.84. The van der Waals surface area contributed by atoms with Gasteiger partial charge in [-0.25, -0.2) is 13.6 Å². The van der Waals surface area contributed by atoms with Crippen LogP contribution in [0, 0.1) is 5.92 Å². The lowest BCUT2D eigenvalue weighted by Gasteiger charge is -2.31. The molecule has 216 valence electrons. The van der Waals surface area contributed by atoms with Gasteiger partial charge < -0.3 is 14.4 Å². The molecule has 1 atom stereocenters. The van der Waals surface area contributed by atoms with Gasteiger partial charge in [-0.1, -0.05) is 37.9 Å². The van der Waals surface area contributed by atoms with Gasteiger partial charge in [0.2, 0.25) is 6.41 Å². The van der Waals surface area contributed by atoms with Gasteiger partial charge in [0.25, 0.3) is 5.56 Å². The molecule has 3 aromatic rings. The lowest BCUT2D eigenvalue weighted by molar-refractivity contribution is -0.119. The monoisotopic (exact) mass is 577 g/mol. The second-order valence-electron chi connectivity index (χ2n) is 10.2. The van der Waals surface area contributed by atoms with Crippen LogP contribution in [-0.2, 0) is 11.3 Å². The maximum absolute atomic E-state index is 13.8. The molecule has 40 heavy (non-hydrogen) atoms. The largest absolute Gasteiger partial charge is 0.492 e. The first-order valence-electron chi connectivity index (χ1n) is 13.5. The molecule has 1 aliphatic heterocycles. The first-order valence-corrected chi connectivity index (χ1v) is 13.9. The highest BCUT2D eigenvalue weighted by Crippen LogP contribution is 2.28. The van der Waals surface area contributed by atoms with E-state index in [1.165, 1.54) is 12.1 Å². The van der Waals surface area contributed by atoms with Gasteiger partial charge in [-0.05, 0) is 54.7 Å². The normalized spacial score (nSPS) is 15.0. The Bertz CT molecular complexity index is 1450. The number of piperidine rings is 1. The van der Waals surface area contributed by atoms with Crippen molar-refractivity contribution < 1.29 is 23.0 Å². The van der Waals surface area contributed by atoms with Crippen molar-refractivity contribution in [3.8, 4) is 11.5 Å². The van der Waals surface area contributed by atoms with Gasteiger partial charge in [0.1, 0.15) is 24.8 Å². The zero-order chi connectivity index (χ0) is 28.8. The second kappa shape index (κ2) is 13.3. The molecule has 0 saturated carbocycles. The number of fused-ring (bicyclic) bond motifs is 1. The van der Waals surface area contributed by atoms with Crippen LogP contribution in [0.3, 0.4) is 0 Å². The van der Waals surface area contributed by atoms with Gasteiger partial charge >= 0.3 is 5.69 Å². The topological polar surface area (TPSA) is 82.8 Å². The maximum Gasteiger partial charge on any atom is 0.332 e. The maximum atomic E-state index is 13.8. The number of hydrogen-bond acceptors (Lipinski definition) is 5. The van der Waals surface area contributed by atoms with Gasteiger partial charge in [0.15, 0.2) is 6.10 Å². The van der Waals surface area contributed by atoms with Crippen LogP contribution in [0.1, 0.15) is 44.7 Å². The van der Waals surface area contributed by atoms with E-state index in [-0.39, 0.29) is 23.7 Å². The van der Waals surface area contributed by atoms with Crippen LogP contribution in [0.5, 0.6) is 11.5 Å². The van der Waals surface area contributed by atoms with Crippen molar-refractivity contribution >= 4 is 28.9 Å². The number of nitrogens with zero attached hydrogens (tertiary/aromatic N) is 3. The summed E-state index contributed by atoms with van der Waals surface area (Å²) in [5, 5.41) is 0.557. The van der Waals surface area contributed by atoms with E-state index < -0.39 is 30.7 Å². The summed E-state index contributed by atoms with van der Waals surface area (Å²) in [6, 6.07) is 9.38. The molecule has 11 heteroatoms. The fourth-order valence-corrected chi connectivity index (χ4v) is 5.02. The van der Waals surface area contributed by atoms with E-state index in [0.717, 1.165) is 17.4 Å². The van der Waals surface area contributed by atoms with Gasteiger partial charge in [0.05, 0.1) is 29.1 Å². The van der Waals surface area contributed by atoms with Crippen molar-refractivity contribution in [2.24, 2.45) is 5.92 Å². The smallest absolute Gasteiger partial charge is 0.332 e. The predicted octanol–water partition coefficient (Wildman–Crippen LogP) is 4.77. The summed E-state index contributed by atoms with van der Waals surface area (Å²) in [7, 11) is 0. The number of halogens is 3. The lowest BCUT2D eigenvalue weighted by Crippen LogP contribution is -2.44. The Labute approximate surface area is 236 Å². The van der Waals surface area contributed by atoms with E-state index in [9.17, 15) is 23.2 Å². The van der Waals surface area contributed by atoms with Crippen LogP contribution in [0.25, 0.3) is 10.9 Å². The third kappa shape index (κ3) is 6.49. The van der Waals surface area contributed by atoms with Crippen molar-refractivity contribution in [3.05, 3.63) is 67.8 Å². The van der Waals surface area contributed by atoms with E-state index in [1.807, 2.05) is 0 Å². The highest BCUT2D eigenvalue weighted by atomic mass is 35.5. The van der Waals surface area contributed by atoms with Crippen LogP contribution in [0.15, 0.2) is 46.0 Å². The molecule has 1 aromatic heterocycles. The zero-order valence-electron chi connectivity index (χ0n) is 22.7. The summed E-state index contributed by atoms with van der Waals surface area (Å²) >= 11 is 6.47. The van der Waals surface area contributed by atoms with Crippen LogP contribution in [0.2, 0.25) is 5.02 Å². The fourth-order valence-electron chi connectivity index (χ4n) is 4.77. The summed E-state index contributed by atoms with van der Waals surface area (Å²) < 4.78 is 40.1. The first kappa shape index (κ1) is 29.6. The minimum Gasteiger partial charge on any atom is -0.492 e. The molecule has 2 aromatic carbocycles. The fraction of sp³-hybridized carbons (Fsp3) is 0.483. The predicted molar refractivity (Wildman–Crippen MR) is 150 cm³/mol. The number of ether oxygens (including phenoxy) is 2. The number of benzene rings is 2. The Morgan fingerprint density at radius 1 is 1.10 bits per heavy atom. The van der Waals surface area contributed by atoms with Gasteiger partial charge in [-0.3, -0.25) is 18.7 Å². The number of alkyl halides is 2.